The number of Topliss-reactive ketones (excluding diaryl/α,β-unsaturated/α-hetero) is 1. The van der Waals surface area contributed by atoms with E-state index in [0.29, 0.717) is 99.2 Å². The molecule has 8 rings (SSSR count). The molecule has 4 atom stereocenters. The van der Waals surface area contributed by atoms with Gasteiger partial charge in [0, 0.05) is 86.9 Å². The fourth-order valence-electron chi connectivity index (χ4n) is 10.2. The van der Waals surface area contributed by atoms with E-state index in [1.807, 2.05) is 97.1 Å². The molecule has 0 spiro atoms. The van der Waals surface area contributed by atoms with Crippen molar-refractivity contribution in [3.63, 3.8) is 0 Å². The Morgan fingerprint density at radius 2 is 0.965 bits per heavy atom. The summed E-state index contributed by atoms with van der Waals surface area (Å²) in [6, 6.07) is 37.7. The molecule has 6 N–H and O–H groups in total. The summed E-state index contributed by atoms with van der Waals surface area (Å²) in [4.78, 5) is 107. The lowest BCUT2D eigenvalue weighted by Gasteiger charge is -2.50. The molecule has 4 aliphatic heterocycles. The van der Waals surface area contributed by atoms with Gasteiger partial charge in [0.25, 0.3) is 11.8 Å². The standard InChI is InChI=1S/C62H74N8O11S4/c1-41(71)67-53-58(76)69-55(50(73)24-23-49(43-15-7-3-8-16-43)44-17-9-4-10-18-44)47(39-84-60(53)69)37-82-33-27-65-51(74)35-63-25-29-79-31-32-80-30-26-64-36-52(75)66-28-34-83-38-48-40-85-61-54(68-42(2)72)59(77)70(61)56(48)62(78)81-57(45-19-11-5-12-20-45)46-21-13-6-14-22-46/h3-22,49,53-54,57,60-61,63-64H,23-40H2,1-2H3,(H,65,74)(H,66,75)(H,67,71)(H,68,72). The molecule has 23 heteroatoms. The van der Waals surface area contributed by atoms with Crippen molar-refractivity contribution in [2.24, 2.45) is 0 Å². The summed E-state index contributed by atoms with van der Waals surface area (Å²) >= 11 is 6.16. The molecule has 19 nitrogen and oxygen atoms in total. The molecule has 4 unspecified atom stereocenters. The van der Waals surface area contributed by atoms with E-state index in [2.05, 4.69) is 56.2 Å². The average Bonchev–Trinajstić information content (AvgIpc) is 1.29. The second kappa shape index (κ2) is 33.5. The number of ketones is 1. The summed E-state index contributed by atoms with van der Waals surface area (Å²) in [6.07, 6.45) is 0.107. The number of benzene rings is 4. The zero-order valence-electron chi connectivity index (χ0n) is 47.8. The molecule has 0 bridgehead atoms. The maximum atomic E-state index is 14.2. The van der Waals surface area contributed by atoms with Crippen LogP contribution in [0.1, 0.15) is 61.0 Å². The average molecular weight is 1240 g/mol. The number of carbonyl (C=O) groups excluding carboxylic acids is 8. The van der Waals surface area contributed by atoms with Gasteiger partial charge in [0.1, 0.15) is 28.5 Å². The number of ether oxygens (including phenoxy) is 3. The van der Waals surface area contributed by atoms with Crippen molar-refractivity contribution < 1.29 is 52.6 Å². The summed E-state index contributed by atoms with van der Waals surface area (Å²) in [5.41, 5.74) is 6.08. The number of amides is 6. The maximum Gasteiger partial charge on any atom is 0.356 e. The van der Waals surface area contributed by atoms with Crippen LogP contribution in [0.4, 0.5) is 0 Å². The Hall–Kier alpha value is -6.44. The lowest BCUT2D eigenvalue weighted by Crippen LogP contribution is -2.70. The fourth-order valence-corrected chi connectivity index (χ4v) is 14.9. The largest absolute Gasteiger partial charge is 0.448 e. The zero-order valence-corrected chi connectivity index (χ0v) is 51.0. The first-order valence-corrected chi connectivity index (χ1v) is 32.9. The van der Waals surface area contributed by atoms with Crippen LogP contribution < -0.4 is 31.9 Å². The lowest BCUT2D eigenvalue weighted by atomic mass is 9.86. The molecule has 2 fully saturated rings. The maximum absolute atomic E-state index is 14.2. The summed E-state index contributed by atoms with van der Waals surface area (Å²) < 4.78 is 17.5. The van der Waals surface area contributed by atoms with Gasteiger partial charge in [-0.15, -0.1) is 23.5 Å². The van der Waals surface area contributed by atoms with Crippen molar-refractivity contribution in [2.75, 3.05) is 100 Å². The van der Waals surface area contributed by atoms with Crippen LogP contribution in [-0.2, 0) is 52.6 Å². The molecule has 0 saturated carbocycles. The topological polar surface area (TPSA) is 243 Å². The predicted octanol–water partition coefficient (Wildman–Crippen LogP) is 4.76. The smallest absolute Gasteiger partial charge is 0.356 e. The van der Waals surface area contributed by atoms with Crippen molar-refractivity contribution in [1.29, 1.82) is 0 Å². The van der Waals surface area contributed by atoms with E-state index in [9.17, 15) is 38.4 Å². The van der Waals surface area contributed by atoms with Gasteiger partial charge >= 0.3 is 5.97 Å². The van der Waals surface area contributed by atoms with Crippen molar-refractivity contribution in [3.05, 3.63) is 166 Å². The number of allylic oxidation sites excluding steroid dienone is 1. The third-order valence-electron chi connectivity index (χ3n) is 14.2. The van der Waals surface area contributed by atoms with Crippen LogP contribution in [0.25, 0.3) is 0 Å². The number of nitrogens with zero attached hydrogens (tertiary/aromatic N) is 2. The Balaban J connectivity index is 0.663. The minimum absolute atomic E-state index is 0.00259. The van der Waals surface area contributed by atoms with Crippen LogP contribution in [0.5, 0.6) is 0 Å². The number of β-lactam (4-membered cyclic amide) rings is 2. The number of hydrogen-bond donors (Lipinski definition) is 6. The fraction of sp³-hybridized carbons (Fsp3) is 0.419. The molecule has 4 aliphatic rings. The monoisotopic (exact) mass is 1230 g/mol. The van der Waals surface area contributed by atoms with Gasteiger partial charge in [-0.25, -0.2) is 4.79 Å². The van der Waals surface area contributed by atoms with E-state index in [1.54, 1.807) is 28.4 Å². The third-order valence-corrected chi connectivity index (χ3v) is 19.0. The summed E-state index contributed by atoms with van der Waals surface area (Å²) in [5, 5.41) is 16.7. The lowest BCUT2D eigenvalue weighted by molar-refractivity contribution is -0.154. The minimum Gasteiger partial charge on any atom is -0.448 e. The van der Waals surface area contributed by atoms with Crippen molar-refractivity contribution in [1.82, 2.24) is 41.7 Å². The first-order valence-electron chi connectivity index (χ1n) is 28.5. The van der Waals surface area contributed by atoms with Gasteiger partial charge in [0.15, 0.2) is 11.9 Å². The number of carbonyl (C=O) groups is 8. The highest BCUT2D eigenvalue weighted by Crippen LogP contribution is 2.44. The highest BCUT2D eigenvalue weighted by molar-refractivity contribution is 8.01. The summed E-state index contributed by atoms with van der Waals surface area (Å²) in [7, 11) is 0. The summed E-state index contributed by atoms with van der Waals surface area (Å²) in [5.74, 6) is 0.872. The van der Waals surface area contributed by atoms with Crippen molar-refractivity contribution >= 4 is 94.2 Å². The Labute approximate surface area is 513 Å². The Morgan fingerprint density at radius 3 is 1.40 bits per heavy atom. The Kier molecular flexibility index (Phi) is 25.4. The Morgan fingerprint density at radius 1 is 0.553 bits per heavy atom. The zero-order chi connectivity index (χ0) is 59.9. The molecular formula is C62H74N8O11S4. The van der Waals surface area contributed by atoms with Gasteiger partial charge < -0.3 is 46.1 Å². The van der Waals surface area contributed by atoms with Gasteiger partial charge in [-0.2, -0.15) is 23.5 Å². The van der Waals surface area contributed by atoms with Crippen LogP contribution in [-0.4, -0.2) is 180 Å². The SMILES string of the molecule is CC(=O)NC1C(=O)N2C(C(=O)CCC(c3ccccc3)c3ccccc3)=C(CSCCNC(=O)CNCCOCCOCCNCC(=O)NCCSCC3=C(C(=O)OC(c4ccccc4)c4ccccc4)N4C(=O)C(NC(C)=O)C4SC3)CSC12. The first kappa shape index (κ1) is 64.6. The molecule has 2 saturated heterocycles. The number of hydrogen-bond acceptors (Lipinski definition) is 17. The molecule has 452 valence electrons. The highest BCUT2D eigenvalue weighted by Gasteiger charge is 2.55. The number of thioether (sulfide) groups is 4. The van der Waals surface area contributed by atoms with E-state index >= 15 is 0 Å². The van der Waals surface area contributed by atoms with Gasteiger partial charge in [0.05, 0.1) is 45.2 Å². The van der Waals surface area contributed by atoms with Crippen LogP contribution >= 0.6 is 47.0 Å². The van der Waals surface area contributed by atoms with E-state index in [-0.39, 0.29) is 77.7 Å². The molecule has 4 aromatic rings. The van der Waals surface area contributed by atoms with Gasteiger partial charge in [0.2, 0.25) is 23.6 Å². The van der Waals surface area contributed by atoms with E-state index in [0.717, 1.165) is 33.4 Å². The second-order valence-corrected chi connectivity index (χ2v) is 24.8. The number of rotatable bonds is 35. The molecular weight excluding hydrogens is 1160 g/mol. The summed E-state index contributed by atoms with van der Waals surface area (Å²) in [6.45, 7) is 6.22. The van der Waals surface area contributed by atoms with Gasteiger partial charge in [-0.1, -0.05) is 121 Å². The van der Waals surface area contributed by atoms with Crippen LogP contribution in [0.15, 0.2) is 144 Å². The molecule has 0 aliphatic carbocycles. The quantitative estimate of drug-likeness (QED) is 0.0207. The van der Waals surface area contributed by atoms with E-state index in [4.69, 9.17) is 14.2 Å². The molecule has 6 amide bonds. The predicted molar refractivity (Wildman–Crippen MR) is 333 cm³/mol. The van der Waals surface area contributed by atoms with E-state index < -0.39 is 29.5 Å². The number of esters is 1. The van der Waals surface area contributed by atoms with E-state index in [1.165, 1.54) is 42.3 Å². The third kappa shape index (κ3) is 18.3. The Bertz CT molecular complexity index is 2920. The van der Waals surface area contributed by atoms with Crippen LogP contribution in [0.3, 0.4) is 0 Å². The molecule has 0 aromatic heterocycles. The van der Waals surface area contributed by atoms with Crippen LogP contribution in [0, 0.1) is 0 Å². The molecule has 4 heterocycles. The molecule has 0 radical (unpaired) electrons. The number of nitrogens with one attached hydrogen (secondary N) is 6. The minimum atomic E-state index is -0.729. The van der Waals surface area contributed by atoms with Crippen molar-refractivity contribution in [3.8, 4) is 0 Å². The second-order valence-electron chi connectivity index (χ2n) is 20.4. The van der Waals surface area contributed by atoms with Gasteiger partial charge in [-0.05, 0) is 39.8 Å². The normalized spacial score (nSPS) is 18.1. The first-order chi connectivity index (χ1) is 41.4. The molecule has 4 aromatic carbocycles. The highest BCUT2D eigenvalue weighted by atomic mass is 32.2. The number of fused-ring (bicyclic) bond motifs is 2. The van der Waals surface area contributed by atoms with Crippen LogP contribution in [0.2, 0.25) is 0 Å². The van der Waals surface area contributed by atoms with Gasteiger partial charge in [-0.3, -0.25) is 43.4 Å². The van der Waals surface area contributed by atoms with Crippen molar-refractivity contribution in [2.45, 2.75) is 61.5 Å². The molecule has 85 heavy (non-hydrogen) atoms.